The molecule has 4 aromatic rings. The number of nitrogens with two attached hydrogens (primary N) is 2. The van der Waals surface area contributed by atoms with E-state index in [2.05, 4.69) is 4.98 Å². The lowest BCUT2D eigenvalue weighted by atomic mass is 10.1. The number of hydrogen-bond acceptors (Lipinski definition) is 8. The molecule has 0 saturated carbocycles. The quantitative estimate of drug-likeness (QED) is 0.172. The summed E-state index contributed by atoms with van der Waals surface area (Å²) in [6.45, 7) is 1.23. The molecule has 0 aliphatic heterocycles. The van der Waals surface area contributed by atoms with Gasteiger partial charge in [-0.05, 0) is 42.0 Å². The molecule has 0 fully saturated rings. The van der Waals surface area contributed by atoms with E-state index in [1.807, 2.05) is 6.07 Å². The number of carbonyl (C=O) groups excluding carboxylic acids is 3. The van der Waals surface area contributed by atoms with Crippen molar-refractivity contribution in [3.63, 3.8) is 0 Å². The largest absolute Gasteiger partial charge is 0.490 e. The highest BCUT2D eigenvalue weighted by Gasteiger charge is 2.38. The number of carbonyl (C=O) groups is 5. The molecular weight excluding hydrogens is 601 g/mol. The van der Waals surface area contributed by atoms with Gasteiger partial charge in [-0.3, -0.25) is 24.1 Å². The van der Waals surface area contributed by atoms with Crippen LogP contribution in [0.3, 0.4) is 0 Å². The molecular formula is C30H27F3N4O8. The van der Waals surface area contributed by atoms with Crippen LogP contribution in [0, 0.1) is 0 Å². The Morgan fingerprint density at radius 1 is 0.889 bits per heavy atom. The van der Waals surface area contributed by atoms with Crippen molar-refractivity contribution < 1.29 is 52.1 Å². The number of aliphatic carboxylic acids is 2. The lowest BCUT2D eigenvalue weighted by molar-refractivity contribution is -0.192. The average Bonchev–Trinajstić information content (AvgIpc) is 2.99. The van der Waals surface area contributed by atoms with Crippen LogP contribution in [-0.2, 0) is 20.9 Å². The summed E-state index contributed by atoms with van der Waals surface area (Å²) in [7, 11) is 0. The molecule has 0 bridgehead atoms. The Labute approximate surface area is 253 Å². The Hall–Kier alpha value is -5.83. The first-order chi connectivity index (χ1) is 21.1. The molecule has 12 nitrogen and oxygen atoms in total. The van der Waals surface area contributed by atoms with Crippen molar-refractivity contribution in [2.24, 2.45) is 11.5 Å². The van der Waals surface area contributed by atoms with E-state index in [1.54, 1.807) is 72.8 Å². The summed E-state index contributed by atoms with van der Waals surface area (Å²) in [6, 6.07) is 24.0. The van der Waals surface area contributed by atoms with Crippen molar-refractivity contribution in [3.8, 4) is 5.75 Å². The second kappa shape index (κ2) is 16.1. The number of anilines is 1. The summed E-state index contributed by atoms with van der Waals surface area (Å²) < 4.78 is 36.7. The van der Waals surface area contributed by atoms with Crippen molar-refractivity contribution in [1.29, 1.82) is 0 Å². The van der Waals surface area contributed by atoms with Gasteiger partial charge >= 0.3 is 24.1 Å². The zero-order chi connectivity index (χ0) is 33.7. The van der Waals surface area contributed by atoms with E-state index in [9.17, 15) is 32.3 Å². The lowest BCUT2D eigenvalue weighted by Gasteiger charge is -2.21. The third kappa shape index (κ3) is 11.1. The fourth-order valence-corrected chi connectivity index (χ4v) is 3.50. The molecule has 45 heavy (non-hydrogen) atoms. The third-order valence-corrected chi connectivity index (χ3v) is 5.45. The smallest absolute Gasteiger partial charge is 0.480 e. The fourth-order valence-electron chi connectivity index (χ4n) is 3.50. The summed E-state index contributed by atoms with van der Waals surface area (Å²) in [5, 5.41) is 16.9. The van der Waals surface area contributed by atoms with Crippen LogP contribution in [0.2, 0.25) is 0 Å². The first-order valence-electron chi connectivity index (χ1n) is 12.7. The molecule has 0 aliphatic rings. The third-order valence-electron chi connectivity index (χ3n) is 5.45. The molecule has 15 heteroatoms. The average molecular weight is 629 g/mol. The highest BCUT2D eigenvalue weighted by molar-refractivity contribution is 6.08. The normalized spacial score (nSPS) is 10.3. The van der Waals surface area contributed by atoms with Crippen LogP contribution in [0.1, 0.15) is 33.3 Å². The second-order valence-corrected chi connectivity index (χ2v) is 8.81. The van der Waals surface area contributed by atoms with Gasteiger partial charge in [-0.15, -0.1) is 0 Å². The second-order valence-electron chi connectivity index (χ2n) is 8.81. The minimum Gasteiger partial charge on any atom is -0.480 e. The molecule has 0 spiro atoms. The predicted molar refractivity (Wildman–Crippen MR) is 155 cm³/mol. The fraction of sp³-hybridized carbons (Fsp3) is 0.133. The van der Waals surface area contributed by atoms with Gasteiger partial charge in [0.25, 0.3) is 11.8 Å². The van der Waals surface area contributed by atoms with Crippen molar-refractivity contribution >= 4 is 46.3 Å². The van der Waals surface area contributed by atoms with E-state index in [1.165, 1.54) is 17.9 Å². The van der Waals surface area contributed by atoms with Gasteiger partial charge < -0.3 is 26.4 Å². The van der Waals surface area contributed by atoms with Gasteiger partial charge in [-0.1, -0.05) is 48.5 Å². The van der Waals surface area contributed by atoms with E-state index < -0.39 is 36.5 Å². The Bertz CT molecular complexity index is 1680. The van der Waals surface area contributed by atoms with E-state index >= 15 is 0 Å². The number of aromatic nitrogens is 1. The SMILES string of the molecule is CC(=O)Oc1cccc2ccc(C(N)=O)nc12.NCc1cccc(N(CC(=O)O)C(=O)c2ccccc2)c1.O=C(O)C(F)(F)F. The molecule has 236 valence electrons. The highest BCUT2D eigenvalue weighted by atomic mass is 19.4. The van der Waals surface area contributed by atoms with Crippen LogP contribution in [-0.4, -0.2) is 57.6 Å². The molecule has 4 rings (SSSR count). The summed E-state index contributed by atoms with van der Waals surface area (Å²) in [6.07, 6.45) is -5.08. The van der Waals surface area contributed by atoms with E-state index in [4.69, 9.17) is 31.2 Å². The number of carboxylic acids is 2. The van der Waals surface area contributed by atoms with Crippen molar-refractivity contribution in [3.05, 3.63) is 102 Å². The number of rotatable bonds is 7. The highest BCUT2D eigenvalue weighted by Crippen LogP contribution is 2.24. The maximum atomic E-state index is 12.5. The van der Waals surface area contributed by atoms with Crippen LogP contribution in [0.15, 0.2) is 84.9 Å². The molecule has 0 radical (unpaired) electrons. The van der Waals surface area contributed by atoms with Crippen molar-refractivity contribution in [2.45, 2.75) is 19.6 Å². The lowest BCUT2D eigenvalue weighted by Crippen LogP contribution is -2.35. The predicted octanol–water partition coefficient (Wildman–Crippen LogP) is 3.77. The van der Waals surface area contributed by atoms with E-state index in [0.29, 0.717) is 29.1 Å². The minimum absolute atomic E-state index is 0.136. The maximum absolute atomic E-state index is 12.5. The molecule has 1 heterocycles. The Morgan fingerprint density at radius 3 is 2.04 bits per heavy atom. The minimum atomic E-state index is -5.08. The maximum Gasteiger partial charge on any atom is 0.490 e. The number of ether oxygens (including phenoxy) is 1. The number of nitrogens with zero attached hydrogens (tertiary/aromatic N) is 2. The summed E-state index contributed by atoms with van der Waals surface area (Å²) in [5.74, 6) is -4.93. The number of esters is 1. The topological polar surface area (TPSA) is 203 Å². The molecule has 0 unspecified atom stereocenters. The van der Waals surface area contributed by atoms with E-state index in [-0.39, 0.29) is 11.6 Å². The summed E-state index contributed by atoms with van der Waals surface area (Å²) in [5.41, 5.74) is 13.1. The molecule has 1 aromatic heterocycles. The van der Waals surface area contributed by atoms with E-state index in [0.717, 1.165) is 10.9 Å². The summed E-state index contributed by atoms with van der Waals surface area (Å²) >= 11 is 0. The molecule has 3 aromatic carbocycles. The van der Waals surface area contributed by atoms with Gasteiger partial charge in [0.1, 0.15) is 17.8 Å². The van der Waals surface area contributed by atoms with Crippen molar-refractivity contribution in [1.82, 2.24) is 4.98 Å². The van der Waals surface area contributed by atoms with Crippen LogP contribution < -0.4 is 21.1 Å². The number of pyridine rings is 1. The first-order valence-corrected chi connectivity index (χ1v) is 12.7. The van der Waals surface area contributed by atoms with Crippen LogP contribution >= 0.6 is 0 Å². The number of hydrogen-bond donors (Lipinski definition) is 4. The molecule has 0 atom stereocenters. The Balaban J connectivity index is 0.000000263. The number of amides is 2. The summed E-state index contributed by atoms with van der Waals surface area (Å²) in [4.78, 5) is 59.7. The Morgan fingerprint density at radius 2 is 1.51 bits per heavy atom. The van der Waals surface area contributed by atoms with Gasteiger partial charge in [-0.2, -0.15) is 13.2 Å². The monoisotopic (exact) mass is 628 g/mol. The molecule has 0 aliphatic carbocycles. The van der Waals surface area contributed by atoms with Crippen LogP contribution in [0.25, 0.3) is 10.9 Å². The number of alkyl halides is 3. The van der Waals surface area contributed by atoms with Crippen LogP contribution in [0.5, 0.6) is 5.75 Å². The van der Waals surface area contributed by atoms with Gasteiger partial charge in [-0.25, -0.2) is 9.78 Å². The zero-order valence-electron chi connectivity index (χ0n) is 23.5. The van der Waals surface area contributed by atoms with Gasteiger partial charge in [0.05, 0.1) is 0 Å². The number of primary amides is 1. The molecule has 0 saturated heterocycles. The van der Waals surface area contributed by atoms with Crippen molar-refractivity contribution in [2.75, 3.05) is 11.4 Å². The molecule has 2 amide bonds. The van der Waals surface area contributed by atoms with Gasteiger partial charge in [0, 0.05) is 30.1 Å². The van der Waals surface area contributed by atoms with Gasteiger partial charge in [0.15, 0.2) is 5.75 Å². The van der Waals surface area contributed by atoms with Gasteiger partial charge in [0.2, 0.25) is 0 Å². The molecule has 6 N–H and O–H groups in total. The number of halogens is 3. The number of carboxylic acid groups (broad SMARTS) is 2. The number of benzene rings is 3. The number of para-hydroxylation sites is 1. The van der Waals surface area contributed by atoms with Crippen LogP contribution in [0.4, 0.5) is 18.9 Å². The standard InChI is InChI=1S/C16H16N2O3.C12H10N2O3.C2HF3O2/c17-10-12-5-4-8-14(9-12)18(11-15(19)20)16(21)13-6-2-1-3-7-13;1-7(15)17-10-4-2-3-8-5-6-9(12(13)16)14-11(8)10;3-2(4,5)1(6)7/h1-9H,10-11,17H2,(H,19,20);2-6H,1H3,(H2,13,16);(H,6,7). The Kier molecular flexibility index (Phi) is 12.7. The first kappa shape index (κ1) is 35.4. The zero-order valence-corrected chi connectivity index (χ0v) is 23.5. The number of fused-ring (bicyclic) bond motifs is 1.